The van der Waals surface area contributed by atoms with Crippen LogP contribution < -0.4 is 4.90 Å². The summed E-state index contributed by atoms with van der Waals surface area (Å²) in [6, 6.07) is 19.4. The standard InChI is InChI=1S/C24H21FN4/c1-28-11-12-29(20-14-17-5-2-3-6-21(17)22(25)15-20)23-8-7-18(13-19(23)16-28)24-26-9-4-10-27-24/h2-10,13-15H,11-12,16H2,1H3. The Labute approximate surface area is 169 Å². The fourth-order valence-electron chi connectivity index (χ4n) is 4.00. The van der Waals surface area contributed by atoms with Crippen LogP contribution >= 0.6 is 0 Å². The molecule has 0 atom stereocenters. The van der Waals surface area contributed by atoms with E-state index in [0.29, 0.717) is 11.2 Å². The van der Waals surface area contributed by atoms with E-state index in [-0.39, 0.29) is 5.82 Å². The number of nitrogens with zero attached hydrogens (tertiary/aromatic N) is 4. The highest BCUT2D eigenvalue weighted by atomic mass is 19.1. The Morgan fingerprint density at radius 3 is 2.59 bits per heavy atom. The van der Waals surface area contributed by atoms with Crippen molar-refractivity contribution in [2.45, 2.75) is 6.54 Å². The number of halogens is 1. The zero-order valence-corrected chi connectivity index (χ0v) is 16.2. The fraction of sp³-hybridized carbons (Fsp3) is 0.167. The van der Waals surface area contributed by atoms with Gasteiger partial charge in [0, 0.05) is 54.4 Å². The fourth-order valence-corrected chi connectivity index (χ4v) is 4.00. The van der Waals surface area contributed by atoms with Gasteiger partial charge in [-0.1, -0.05) is 24.3 Å². The number of anilines is 2. The molecule has 0 spiro atoms. The topological polar surface area (TPSA) is 32.3 Å². The maximum atomic E-state index is 14.8. The summed E-state index contributed by atoms with van der Waals surface area (Å²) in [5.74, 6) is 0.525. The largest absolute Gasteiger partial charge is 0.340 e. The highest BCUT2D eigenvalue weighted by Crippen LogP contribution is 2.35. The Balaban J connectivity index is 1.63. The van der Waals surface area contributed by atoms with Crippen LogP contribution in [-0.2, 0) is 6.54 Å². The van der Waals surface area contributed by atoms with Gasteiger partial charge in [-0.15, -0.1) is 0 Å². The molecule has 0 unspecified atom stereocenters. The maximum Gasteiger partial charge on any atom is 0.159 e. The van der Waals surface area contributed by atoms with E-state index < -0.39 is 0 Å². The van der Waals surface area contributed by atoms with E-state index in [9.17, 15) is 4.39 Å². The van der Waals surface area contributed by atoms with E-state index in [0.717, 1.165) is 42.0 Å². The molecule has 0 amide bonds. The van der Waals surface area contributed by atoms with Gasteiger partial charge in [-0.2, -0.15) is 0 Å². The van der Waals surface area contributed by atoms with Crippen LogP contribution in [0.2, 0.25) is 0 Å². The van der Waals surface area contributed by atoms with Crippen LogP contribution in [0.25, 0.3) is 22.2 Å². The number of fused-ring (bicyclic) bond motifs is 2. The summed E-state index contributed by atoms with van der Waals surface area (Å²) >= 11 is 0. The molecule has 3 aromatic carbocycles. The molecule has 144 valence electrons. The van der Waals surface area contributed by atoms with Gasteiger partial charge in [-0.05, 0) is 54.4 Å². The molecule has 5 heteroatoms. The molecule has 4 nitrogen and oxygen atoms in total. The molecule has 2 heterocycles. The predicted molar refractivity (Wildman–Crippen MR) is 115 cm³/mol. The first-order valence-electron chi connectivity index (χ1n) is 9.74. The van der Waals surface area contributed by atoms with Crippen molar-refractivity contribution in [3.8, 4) is 11.4 Å². The minimum absolute atomic E-state index is 0.188. The second-order valence-electron chi connectivity index (χ2n) is 7.45. The summed E-state index contributed by atoms with van der Waals surface area (Å²) in [6.07, 6.45) is 3.51. The number of rotatable bonds is 2. The second-order valence-corrected chi connectivity index (χ2v) is 7.45. The van der Waals surface area contributed by atoms with Crippen molar-refractivity contribution in [2.24, 2.45) is 0 Å². The molecule has 0 saturated heterocycles. The minimum Gasteiger partial charge on any atom is -0.340 e. The van der Waals surface area contributed by atoms with Crippen molar-refractivity contribution in [3.63, 3.8) is 0 Å². The normalized spacial score (nSPS) is 14.6. The SMILES string of the molecule is CN1CCN(c2cc(F)c3ccccc3c2)c2ccc(-c3ncccn3)cc2C1. The lowest BCUT2D eigenvalue weighted by Gasteiger charge is -2.26. The zero-order valence-electron chi connectivity index (χ0n) is 16.2. The van der Waals surface area contributed by atoms with E-state index in [1.165, 1.54) is 5.56 Å². The predicted octanol–water partition coefficient (Wildman–Crippen LogP) is 5.02. The number of hydrogen-bond acceptors (Lipinski definition) is 4. The summed E-state index contributed by atoms with van der Waals surface area (Å²) in [5, 5.41) is 1.57. The van der Waals surface area contributed by atoms with Gasteiger partial charge in [-0.25, -0.2) is 14.4 Å². The monoisotopic (exact) mass is 384 g/mol. The third kappa shape index (κ3) is 3.34. The van der Waals surface area contributed by atoms with Crippen LogP contribution in [0.15, 0.2) is 73.1 Å². The molecule has 0 fully saturated rings. The number of hydrogen-bond donors (Lipinski definition) is 0. The Hall–Kier alpha value is -3.31. The highest BCUT2D eigenvalue weighted by molar-refractivity contribution is 5.88. The molecule has 5 rings (SSSR count). The molecule has 0 aliphatic carbocycles. The summed E-state index contributed by atoms with van der Waals surface area (Å²) in [6.45, 7) is 2.51. The van der Waals surface area contributed by atoms with Crippen molar-refractivity contribution in [2.75, 3.05) is 25.0 Å². The van der Waals surface area contributed by atoms with Gasteiger partial charge in [0.15, 0.2) is 5.82 Å². The lowest BCUT2D eigenvalue weighted by atomic mass is 10.0. The van der Waals surface area contributed by atoms with Gasteiger partial charge in [-0.3, -0.25) is 0 Å². The molecule has 0 saturated carbocycles. The quantitative estimate of drug-likeness (QED) is 0.486. The van der Waals surface area contributed by atoms with Gasteiger partial charge in [0.25, 0.3) is 0 Å². The summed E-state index contributed by atoms with van der Waals surface area (Å²) in [4.78, 5) is 13.2. The van der Waals surface area contributed by atoms with Gasteiger partial charge in [0.05, 0.1) is 0 Å². The van der Waals surface area contributed by atoms with Crippen LogP contribution in [-0.4, -0.2) is 35.0 Å². The van der Waals surface area contributed by atoms with Crippen molar-refractivity contribution >= 4 is 22.1 Å². The zero-order chi connectivity index (χ0) is 19.8. The van der Waals surface area contributed by atoms with Crippen molar-refractivity contribution in [1.29, 1.82) is 0 Å². The first kappa shape index (κ1) is 17.8. The maximum absolute atomic E-state index is 14.8. The van der Waals surface area contributed by atoms with Gasteiger partial charge < -0.3 is 9.80 Å². The molecular weight excluding hydrogens is 363 g/mol. The number of aromatic nitrogens is 2. The molecule has 29 heavy (non-hydrogen) atoms. The van der Waals surface area contributed by atoms with Crippen LogP contribution in [0.1, 0.15) is 5.56 Å². The smallest absolute Gasteiger partial charge is 0.159 e. The Kier molecular flexibility index (Phi) is 4.45. The van der Waals surface area contributed by atoms with Crippen LogP contribution in [0.5, 0.6) is 0 Å². The molecule has 0 bridgehead atoms. The number of benzene rings is 3. The Morgan fingerprint density at radius 1 is 0.897 bits per heavy atom. The van der Waals surface area contributed by atoms with Gasteiger partial charge >= 0.3 is 0 Å². The van der Waals surface area contributed by atoms with E-state index >= 15 is 0 Å². The van der Waals surface area contributed by atoms with Crippen molar-refractivity contribution in [1.82, 2.24) is 14.9 Å². The van der Waals surface area contributed by atoms with E-state index in [1.807, 2.05) is 36.4 Å². The Bertz CT molecular complexity index is 1180. The average Bonchev–Trinajstić information content (AvgIpc) is 2.92. The number of likely N-dealkylation sites (N-methyl/N-ethyl adjacent to an activating group) is 1. The molecular formula is C24H21FN4. The summed E-state index contributed by atoms with van der Waals surface area (Å²) in [5.41, 5.74) is 4.15. The van der Waals surface area contributed by atoms with E-state index in [4.69, 9.17) is 0 Å². The van der Waals surface area contributed by atoms with Gasteiger partial charge in [0.1, 0.15) is 5.82 Å². The van der Waals surface area contributed by atoms with Crippen LogP contribution in [0, 0.1) is 5.82 Å². The molecule has 4 aromatic rings. The highest BCUT2D eigenvalue weighted by Gasteiger charge is 2.21. The van der Waals surface area contributed by atoms with Gasteiger partial charge in [0.2, 0.25) is 0 Å². The molecule has 0 radical (unpaired) electrons. The second kappa shape index (κ2) is 7.26. The summed E-state index contributed by atoms with van der Waals surface area (Å²) in [7, 11) is 2.11. The molecule has 1 aromatic heterocycles. The molecule has 0 N–H and O–H groups in total. The summed E-state index contributed by atoms with van der Waals surface area (Å²) < 4.78 is 14.8. The third-order valence-corrected chi connectivity index (χ3v) is 5.45. The lowest BCUT2D eigenvalue weighted by molar-refractivity contribution is 0.343. The average molecular weight is 384 g/mol. The first-order chi connectivity index (χ1) is 14.2. The minimum atomic E-state index is -0.188. The molecule has 1 aliphatic rings. The molecule has 1 aliphatic heterocycles. The third-order valence-electron chi connectivity index (χ3n) is 5.45. The Morgan fingerprint density at radius 2 is 1.72 bits per heavy atom. The van der Waals surface area contributed by atoms with Crippen molar-refractivity contribution < 1.29 is 4.39 Å². The van der Waals surface area contributed by atoms with Crippen LogP contribution in [0.3, 0.4) is 0 Å². The van der Waals surface area contributed by atoms with E-state index in [1.54, 1.807) is 18.5 Å². The van der Waals surface area contributed by atoms with E-state index in [2.05, 4.69) is 45.0 Å². The van der Waals surface area contributed by atoms with Crippen molar-refractivity contribution in [3.05, 3.63) is 84.4 Å². The lowest BCUT2D eigenvalue weighted by Crippen LogP contribution is -2.26. The van der Waals surface area contributed by atoms with Crippen LogP contribution in [0.4, 0.5) is 15.8 Å². The first-order valence-corrected chi connectivity index (χ1v) is 9.74.